The molecule has 1 rings (SSSR count). The number of nitrogens with one attached hydrogen (secondary N) is 3. The van der Waals surface area contributed by atoms with Crippen LogP contribution in [-0.2, 0) is 40.0 Å². The Balaban J connectivity index is 2.81. The highest BCUT2D eigenvalue weighted by molar-refractivity contribution is 5.84. The van der Waals surface area contributed by atoms with Crippen LogP contribution in [0, 0.1) is 0 Å². The van der Waals surface area contributed by atoms with Gasteiger partial charge in [0.15, 0.2) is 6.10 Å². The predicted molar refractivity (Wildman–Crippen MR) is 157 cm³/mol. The molecule has 242 valence electrons. The van der Waals surface area contributed by atoms with Gasteiger partial charge in [-0.25, -0.2) is 9.59 Å². The van der Waals surface area contributed by atoms with Crippen LogP contribution in [0.2, 0.25) is 0 Å². The molecule has 3 atom stereocenters. The third kappa shape index (κ3) is 17.8. The summed E-state index contributed by atoms with van der Waals surface area (Å²) in [6.45, 7) is 10.2. The molecule has 0 aliphatic carbocycles. The highest BCUT2D eigenvalue weighted by Crippen LogP contribution is 2.12. The number of ether oxygens (including phenoxy) is 3. The van der Waals surface area contributed by atoms with Gasteiger partial charge in [0, 0.05) is 13.0 Å². The second kappa shape index (κ2) is 18.1. The Morgan fingerprint density at radius 3 is 2.07 bits per heavy atom. The molecule has 5 N–H and O–H groups in total. The van der Waals surface area contributed by atoms with Crippen molar-refractivity contribution in [3.63, 3.8) is 0 Å². The van der Waals surface area contributed by atoms with Gasteiger partial charge in [0.25, 0.3) is 0 Å². The van der Waals surface area contributed by atoms with Crippen LogP contribution in [-0.4, -0.2) is 82.6 Å². The maximum absolute atomic E-state index is 13.2. The predicted octanol–water partition coefficient (Wildman–Crippen LogP) is 2.44. The Labute approximate surface area is 253 Å². The van der Waals surface area contributed by atoms with Crippen LogP contribution in [0.4, 0.5) is 4.79 Å². The molecule has 0 heterocycles. The highest BCUT2D eigenvalue weighted by atomic mass is 16.6. The number of unbranched alkanes of at least 4 members (excludes halogenated alkanes) is 1. The number of hydrogen-bond acceptors (Lipinski definition) is 10. The Morgan fingerprint density at radius 1 is 0.860 bits per heavy atom. The topological polar surface area (TPSA) is 190 Å². The minimum Gasteiger partial charge on any atom is -0.479 e. The molecule has 1 unspecified atom stereocenters. The molecular weight excluding hydrogens is 562 g/mol. The first-order chi connectivity index (χ1) is 20.0. The quantitative estimate of drug-likeness (QED) is 0.0991. The van der Waals surface area contributed by atoms with Crippen LogP contribution in [0.5, 0.6) is 0 Å². The van der Waals surface area contributed by atoms with Gasteiger partial charge in [0.05, 0.1) is 18.6 Å². The lowest BCUT2D eigenvalue weighted by molar-refractivity contribution is -0.155. The van der Waals surface area contributed by atoms with Crippen molar-refractivity contribution in [2.45, 2.75) is 110 Å². The average Bonchev–Trinajstić information content (AvgIpc) is 2.89. The molecule has 0 aliphatic rings. The Morgan fingerprint density at radius 2 is 1.49 bits per heavy atom. The molecule has 0 saturated heterocycles. The van der Waals surface area contributed by atoms with Gasteiger partial charge in [0.1, 0.15) is 17.8 Å². The van der Waals surface area contributed by atoms with Gasteiger partial charge in [-0.2, -0.15) is 0 Å². The van der Waals surface area contributed by atoms with Crippen molar-refractivity contribution < 1.29 is 48.4 Å². The molecule has 43 heavy (non-hydrogen) atoms. The van der Waals surface area contributed by atoms with E-state index < -0.39 is 59.3 Å². The minimum absolute atomic E-state index is 0.0335. The van der Waals surface area contributed by atoms with E-state index in [-0.39, 0.29) is 39.0 Å². The van der Waals surface area contributed by atoms with Crippen LogP contribution >= 0.6 is 0 Å². The summed E-state index contributed by atoms with van der Waals surface area (Å²) in [5.41, 5.74) is -0.613. The van der Waals surface area contributed by atoms with E-state index in [4.69, 9.17) is 14.2 Å². The monoisotopic (exact) mass is 609 g/mol. The molecule has 1 aromatic carbocycles. The zero-order valence-electron chi connectivity index (χ0n) is 25.9. The number of aliphatic hydroxyl groups is 1. The van der Waals surface area contributed by atoms with Crippen molar-refractivity contribution in [3.05, 3.63) is 35.9 Å². The molecule has 1 aromatic rings. The van der Waals surface area contributed by atoms with Gasteiger partial charge in [-0.15, -0.1) is 0 Å². The van der Waals surface area contributed by atoms with Crippen LogP contribution in [0.1, 0.15) is 79.2 Å². The zero-order chi connectivity index (χ0) is 32.6. The van der Waals surface area contributed by atoms with Crippen molar-refractivity contribution in [1.82, 2.24) is 16.0 Å². The lowest BCUT2D eigenvalue weighted by atomic mass is 10.0. The first-order valence-corrected chi connectivity index (χ1v) is 14.3. The molecule has 2 amide bonds. The van der Waals surface area contributed by atoms with Gasteiger partial charge in [0.2, 0.25) is 5.91 Å². The summed E-state index contributed by atoms with van der Waals surface area (Å²) in [5.74, 6) is -3.44. The lowest BCUT2D eigenvalue weighted by Crippen LogP contribution is -2.53. The van der Waals surface area contributed by atoms with Crippen molar-refractivity contribution in [3.8, 4) is 0 Å². The minimum atomic E-state index is -1.91. The first-order valence-electron chi connectivity index (χ1n) is 14.3. The van der Waals surface area contributed by atoms with E-state index in [9.17, 15) is 34.2 Å². The third-order valence-corrected chi connectivity index (χ3v) is 5.68. The first kappa shape index (κ1) is 37.3. The Hall–Kier alpha value is -3.71. The fourth-order valence-electron chi connectivity index (χ4n) is 3.73. The van der Waals surface area contributed by atoms with Crippen molar-refractivity contribution in [2.75, 3.05) is 13.1 Å². The van der Waals surface area contributed by atoms with Gasteiger partial charge in [-0.3, -0.25) is 19.7 Å². The number of aliphatic carboxylic acids is 1. The van der Waals surface area contributed by atoms with E-state index in [0.29, 0.717) is 12.8 Å². The standard InChI is InChI=1S/C30H47N3O10/c1-29(2,3)42-23(34)16-15-22(32-18-24(35)41-19-20-12-8-7-9-13-20)26(37)33-21(25(36)27(38)39)14-10-11-17-31-28(40)43-30(4,5)6/h7-9,12-13,21-22,25,32,36H,10-11,14-19H2,1-6H3,(H,31,40)(H,33,37)(H,38,39)/t21-,22-,25?/m0/s1. The fourth-order valence-corrected chi connectivity index (χ4v) is 3.73. The van der Waals surface area contributed by atoms with E-state index in [2.05, 4.69) is 16.0 Å². The van der Waals surface area contributed by atoms with E-state index in [0.717, 1.165) is 5.56 Å². The number of rotatable bonds is 17. The number of carbonyl (C=O) groups excluding carboxylic acids is 4. The maximum atomic E-state index is 13.2. The van der Waals surface area contributed by atoms with E-state index in [1.54, 1.807) is 65.8 Å². The maximum Gasteiger partial charge on any atom is 0.407 e. The number of carboxylic acid groups (broad SMARTS) is 1. The molecule has 0 spiro atoms. The summed E-state index contributed by atoms with van der Waals surface area (Å²) in [4.78, 5) is 61.2. The summed E-state index contributed by atoms with van der Waals surface area (Å²) in [5, 5.41) is 27.5. The van der Waals surface area contributed by atoms with E-state index in [1.807, 2.05) is 6.07 Å². The van der Waals surface area contributed by atoms with Gasteiger partial charge >= 0.3 is 24.0 Å². The second-order valence-electron chi connectivity index (χ2n) is 12.0. The Kier molecular flexibility index (Phi) is 15.7. The van der Waals surface area contributed by atoms with Crippen LogP contribution in [0.15, 0.2) is 30.3 Å². The van der Waals surface area contributed by atoms with Crippen molar-refractivity contribution in [1.29, 1.82) is 0 Å². The number of esters is 2. The molecule has 0 aliphatic heterocycles. The van der Waals surface area contributed by atoms with E-state index >= 15 is 0 Å². The summed E-state index contributed by atoms with van der Waals surface area (Å²) in [6, 6.07) is 6.74. The third-order valence-electron chi connectivity index (χ3n) is 5.68. The number of alkyl carbamates (subject to hydrolysis) is 1. The van der Waals surface area contributed by atoms with Crippen LogP contribution in [0.25, 0.3) is 0 Å². The molecule has 0 radical (unpaired) electrons. The van der Waals surface area contributed by atoms with Crippen molar-refractivity contribution in [2.24, 2.45) is 0 Å². The number of benzene rings is 1. The molecule has 0 bridgehead atoms. The molecule has 13 heteroatoms. The SMILES string of the molecule is CC(C)(C)OC(=O)CC[C@H](NCC(=O)OCc1ccccc1)C(=O)N[C@@H](CCCCNC(=O)OC(C)(C)C)C(O)C(=O)O. The number of aliphatic hydroxyl groups excluding tert-OH is 1. The summed E-state index contributed by atoms with van der Waals surface area (Å²) >= 11 is 0. The Bertz CT molecular complexity index is 1050. The van der Waals surface area contributed by atoms with Crippen LogP contribution < -0.4 is 16.0 Å². The average molecular weight is 610 g/mol. The summed E-state index contributed by atoms with van der Waals surface area (Å²) in [6.07, 6.45) is -1.88. The second-order valence-corrected chi connectivity index (χ2v) is 12.0. The normalized spacial score (nSPS) is 13.7. The van der Waals surface area contributed by atoms with E-state index in [1.165, 1.54) is 0 Å². The molecular formula is C30H47N3O10. The zero-order valence-corrected chi connectivity index (χ0v) is 25.9. The number of hydrogen-bond donors (Lipinski definition) is 5. The number of carboxylic acids is 1. The van der Waals surface area contributed by atoms with Gasteiger partial charge in [-0.1, -0.05) is 30.3 Å². The number of carbonyl (C=O) groups is 5. The molecule has 0 fully saturated rings. The summed E-state index contributed by atoms with van der Waals surface area (Å²) in [7, 11) is 0. The summed E-state index contributed by atoms with van der Waals surface area (Å²) < 4.78 is 15.7. The highest BCUT2D eigenvalue weighted by Gasteiger charge is 2.30. The molecule has 0 aromatic heterocycles. The molecule has 13 nitrogen and oxygen atoms in total. The lowest BCUT2D eigenvalue weighted by Gasteiger charge is -2.25. The van der Waals surface area contributed by atoms with Gasteiger partial charge in [-0.05, 0) is 72.8 Å². The van der Waals surface area contributed by atoms with Crippen molar-refractivity contribution >= 4 is 29.9 Å². The van der Waals surface area contributed by atoms with Crippen LogP contribution in [0.3, 0.4) is 0 Å². The molecule has 0 saturated carbocycles. The van der Waals surface area contributed by atoms with Gasteiger partial charge < -0.3 is 35.1 Å². The number of amides is 2. The largest absolute Gasteiger partial charge is 0.479 e. The smallest absolute Gasteiger partial charge is 0.407 e. The fraction of sp³-hybridized carbons (Fsp3) is 0.633.